The van der Waals surface area contributed by atoms with Crippen LogP contribution in [-0.2, 0) is 4.79 Å². The van der Waals surface area contributed by atoms with Gasteiger partial charge in [-0.15, -0.1) is 0 Å². The van der Waals surface area contributed by atoms with Crippen molar-refractivity contribution in [2.45, 2.75) is 18.9 Å². The number of hydrogen-bond acceptors (Lipinski definition) is 5. The molecule has 0 bridgehead atoms. The van der Waals surface area contributed by atoms with Crippen LogP contribution in [0.1, 0.15) is 34.8 Å². The molecule has 7 heteroatoms. The fraction of sp³-hybridized carbons (Fsp3) is 0.259. The van der Waals surface area contributed by atoms with Crippen molar-refractivity contribution in [3.8, 4) is 17.2 Å². The molecule has 1 saturated heterocycles. The van der Waals surface area contributed by atoms with Crippen LogP contribution in [0.25, 0.3) is 0 Å². The lowest BCUT2D eigenvalue weighted by Crippen LogP contribution is -2.34. The zero-order valence-corrected chi connectivity index (χ0v) is 19.3. The van der Waals surface area contributed by atoms with Crippen LogP contribution in [0.4, 0.5) is 5.69 Å². The van der Waals surface area contributed by atoms with E-state index in [2.05, 4.69) is 5.32 Å². The Labute approximate surface area is 199 Å². The third kappa shape index (κ3) is 5.14. The molecular weight excluding hydrogens is 432 g/mol. The van der Waals surface area contributed by atoms with Crippen molar-refractivity contribution < 1.29 is 23.8 Å². The number of anilines is 1. The van der Waals surface area contributed by atoms with Gasteiger partial charge in [0.2, 0.25) is 0 Å². The first kappa shape index (κ1) is 23.2. The number of carbonyl (C=O) groups is 2. The van der Waals surface area contributed by atoms with Crippen LogP contribution in [0.2, 0.25) is 0 Å². The van der Waals surface area contributed by atoms with Gasteiger partial charge >= 0.3 is 0 Å². The fourth-order valence-corrected chi connectivity index (χ4v) is 4.21. The standard InChI is InChI=1S/C27H28N2O5/c1-32-20-14-15-24(33-2)22(17-20)23-12-8-16-29(23)26(30)18-34-25-13-7-6-11-21(25)27(31)28-19-9-4-3-5-10-19/h3-7,9-11,13-15,17,23H,8,12,16,18H2,1-2H3,(H,28,31). The maximum absolute atomic E-state index is 13.2. The van der Waals surface area contributed by atoms with Crippen molar-refractivity contribution in [1.29, 1.82) is 0 Å². The molecule has 4 rings (SSSR count). The van der Waals surface area contributed by atoms with Gasteiger partial charge in [-0.1, -0.05) is 30.3 Å². The molecule has 1 heterocycles. The first-order chi connectivity index (χ1) is 16.6. The molecule has 176 valence electrons. The van der Waals surface area contributed by atoms with Crippen LogP contribution in [0.15, 0.2) is 72.8 Å². The van der Waals surface area contributed by atoms with E-state index in [0.717, 1.165) is 18.4 Å². The Morgan fingerprint density at radius 1 is 0.941 bits per heavy atom. The highest BCUT2D eigenvalue weighted by molar-refractivity contribution is 6.06. The number of ether oxygens (including phenoxy) is 3. The Hall–Kier alpha value is -4.00. The smallest absolute Gasteiger partial charge is 0.261 e. The highest BCUT2D eigenvalue weighted by atomic mass is 16.5. The van der Waals surface area contributed by atoms with Crippen molar-refractivity contribution >= 4 is 17.5 Å². The van der Waals surface area contributed by atoms with Gasteiger partial charge in [0.15, 0.2) is 6.61 Å². The fourth-order valence-electron chi connectivity index (χ4n) is 4.21. The Bertz CT molecular complexity index is 1150. The summed E-state index contributed by atoms with van der Waals surface area (Å²) in [4.78, 5) is 27.8. The average molecular weight is 461 g/mol. The number of likely N-dealkylation sites (tertiary alicyclic amines) is 1. The third-order valence-electron chi connectivity index (χ3n) is 5.88. The summed E-state index contributed by atoms with van der Waals surface area (Å²) in [7, 11) is 3.23. The number of amides is 2. The van der Waals surface area contributed by atoms with E-state index in [-0.39, 0.29) is 24.5 Å². The van der Waals surface area contributed by atoms with E-state index in [0.29, 0.717) is 35.0 Å². The molecule has 0 aliphatic carbocycles. The number of rotatable bonds is 8. The molecule has 1 atom stereocenters. The van der Waals surface area contributed by atoms with Crippen molar-refractivity contribution in [3.63, 3.8) is 0 Å². The topological polar surface area (TPSA) is 77.1 Å². The van der Waals surface area contributed by atoms with Gasteiger partial charge in [-0.2, -0.15) is 0 Å². The molecule has 3 aromatic rings. The summed E-state index contributed by atoms with van der Waals surface area (Å²) in [6.07, 6.45) is 1.71. The molecule has 1 aliphatic rings. The van der Waals surface area contributed by atoms with Gasteiger partial charge in [0, 0.05) is 17.8 Å². The molecule has 0 saturated carbocycles. The Balaban J connectivity index is 1.46. The molecule has 0 aromatic heterocycles. The van der Waals surface area contributed by atoms with E-state index < -0.39 is 0 Å². The molecular formula is C27H28N2O5. The SMILES string of the molecule is COc1ccc(OC)c(C2CCCN2C(=O)COc2ccccc2C(=O)Nc2ccccc2)c1. The molecule has 2 amide bonds. The van der Waals surface area contributed by atoms with E-state index in [9.17, 15) is 9.59 Å². The van der Waals surface area contributed by atoms with Crippen molar-refractivity contribution in [3.05, 3.63) is 83.9 Å². The molecule has 7 nitrogen and oxygen atoms in total. The zero-order chi connectivity index (χ0) is 23.9. The molecule has 1 N–H and O–H groups in total. The molecule has 0 spiro atoms. The van der Waals surface area contributed by atoms with Crippen molar-refractivity contribution in [2.75, 3.05) is 32.7 Å². The Morgan fingerprint density at radius 2 is 1.71 bits per heavy atom. The second-order valence-corrected chi connectivity index (χ2v) is 7.96. The number of methoxy groups -OCH3 is 2. The Morgan fingerprint density at radius 3 is 2.47 bits per heavy atom. The quantitative estimate of drug-likeness (QED) is 0.527. The minimum absolute atomic E-state index is 0.127. The lowest BCUT2D eigenvalue weighted by atomic mass is 10.0. The lowest BCUT2D eigenvalue weighted by Gasteiger charge is -2.27. The third-order valence-corrected chi connectivity index (χ3v) is 5.88. The zero-order valence-electron chi connectivity index (χ0n) is 19.3. The minimum atomic E-state index is -0.297. The number of benzene rings is 3. The first-order valence-electron chi connectivity index (χ1n) is 11.2. The maximum atomic E-state index is 13.2. The highest BCUT2D eigenvalue weighted by Gasteiger charge is 2.32. The summed E-state index contributed by atoms with van der Waals surface area (Å²) in [5.41, 5.74) is 1.97. The van der Waals surface area contributed by atoms with Gasteiger partial charge in [-0.05, 0) is 55.3 Å². The Kier molecular flexibility index (Phi) is 7.32. The molecule has 1 aliphatic heterocycles. The maximum Gasteiger partial charge on any atom is 0.261 e. The van der Waals surface area contributed by atoms with Gasteiger partial charge in [-0.25, -0.2) is 0 Å². The summed E-state index contributed by atoms with van der Waals surface area (Å²) in [6, 6.07) is 21.6. The molecule has 34 heavy (non-hydrogen) atoms. The summed E-state index contributed by atoms with van der Waals surface area (Å²) < 4.78 is 16.8. The van der Waals surface area contributed by atoms with Gasteiger partial charge in [0.25, 0.3) is 11.8 Å². The first-order valence-corrected chi connectivity index (χ1v) is 11.2. The van der Waals surface area contributed by atoms with Crippen LogP contribution in [0.3, 0.4) is 0 Å². The van der Waals surface area contributed by atoms with E-state index in [1.807, 2.05) is 53.4 Å². The van der Waals surface area contributed by atoms with Crippen LogP contribution in [-0.4, -0.2) is 44.1 Å². The largest absolute Gasteiger partial charge is 0.497 e. The van der Waals surface area contributed by atoms with E-state index in [1.54, 1.807) is 38.5 Å². The summed E-state index contributed by atoms with van der Waals surface area (Å²) in [5.74, 6) is 1.35. The van der Waals surface area contributed by atoms with Gasteiger partial charge in [-0.3, -0.25) is 9.59 Å². The van der Waals surface area contributed by atoms with Crippen LogP contribution < -0.4 is 19.5 Å². The summed E-state index contributed by atoms with van der Waals surface area (Å²) >= 11 is 0. The number of carbonyl (C=O) groups excluding carboxylic acids is 2. The van der Waals surface area contributed by atoms with Gasteiger partial charge < -0.3 is 24.4 Å². The van der Waals surface area contributed by atoms with Crippen LogP contribution in [0.5, 0.6) is 17.2 Å². The predicted octanol–water partition coefficient (Wildman–Crippen LogP) is 4.70. The summed E-state index contributed by atoms with van der Waals surface area (Å²) in [5, 5.41) is 2.85. The number of nitrogens with zero attached hydrogens (tertiary/aromatic N) is 1. The van der Waals surface area contributed by atoms with Gasteiger partial charge in [0.05, 0.1) is 25.8 Å². The number of hydrogen-bond donors (Lipinski definition) is 1. The van der Waals surface area contributed by atoms with Crippen molar-refractivity contribution in [1.82, 2.24) is 4.90 Å². The lowest BCUT2D eigenvalue weighted by molar-refractivity contribution is -0.134. The predicted molar refractivity (Wildman–Crippen MR) is 130 cm³/mol. The highest BCUT2D eigenvalue weighted by Crippen LogP contribution is 2.39. The summed E-state index contributed by atoms with van der Waals surface area (Å²) in [6.45, 7) is 0.460. The monoisotopic (exact) mass is 460 g/mol. The van der Waals surface area contributed by atoms with Crippen LogP contribution in [0, 0.1) is 0 Å². The van der Waals surface area contributed by atoms with E-state index in [1.165, 1.54) is 0 Å². The second-order valence-electron chi connectivity index (χ2n) is 7.96. The molecule has 0 radical (unpaired) electrons. The molecule has 1 fully saturated rings. The van der Waals surface area contributed by atoms with E-state index >= 15 is 0 Å². The number of para-hydroxylation sites is 2. The molecule has 1 unspecified atom stereocenters. The number of nitrogens with one attached hydrogen (secondary N) is 1. The van der Waals surface area contributed by atoms with Gasteiger partial charge in [0.1, 0.15) is 17.2 Å². The normalized spacial score (nSPS) is 15.0. The van der Waals surface area contributed by atoms with Crippen molar-refractivity contribution in [2.24, 2.45) is 0 Å². The van der Waals surface area contributed by atoms with E-state index in [4.69, 9.17) is 14.2 Å². The second kappa shape index (κ2) is 10.7. The van der Waals surface area contributed by atoms with Crippen LogP contribution >= 0.6 is 0 Å². The minimum Gasteiger partial charge on any atom is -0.497 e. The molecule has 3 aromatic carbocycles. The average Bonchev–Trinajstić information content (AvgIpc) is 3.37.